The van der Waals surface area contributed by atoms with Gasteiger partial charge in [-0.1, -0.05) is 30.3 Å². The van der Waals surface area contributed by atoms with Gasteiger partial charge in [0.25, 0.3) is 11.8 Å². The molecule has 2 aromatic carbocycles. The quantitative estimate of drug-likeness (QED) is 0.367. The Balaban J connectivity index is 1.61. The first kappa shape index (κ1) is 30.7. The first-order chi connectivity index (χ1) is 21.0. The van der Waals surface area contributed by atoms with E-state index in [1.165, 1.54) is 30.5 Å². The van der Waals surface area contributed by atoms with Crippen molar-refractivity contribution in [2.24, 2.45) is 0 Å². The number of hydrogen-bond donors (Lipinski definition) is 1. The van der Waals surface area contributed by atoms with Crippen molar-refractivity contribution in [3.63, 3.8) is 0 Å². The fourth-order valence-corrected chi connectivity index (χ4v) is 5.76. The molecule has 2 aliphatic rings. The molecule has 1 aliphatic heterocycles. The number of nitrogens with zero attached hydrogens (tertiary/aromatic N) is 4. The molecule has 1 aliphatic carbocycles. The van der Waals surface area contributed by atoms with Gasteiger partial charge in [0.15, 0.2) is 6.17 Å². The Morgan fingerprint density at radius 1 is 1.11 bits per heavy atom. The van der Waals surface area contributed by atoms with Crippen LogP contribution in [0.3, 0.4) is 0 Å². The number of aromatic nitrogens is 1. The fourth-order valence-electron chi connectivity index (χ4n) is 5.76. The minimum Gasteiger partial charge on any atom is -0.351 e. The van der Waals surface area contributed by atoms with E-state index in [4.69, 9.17) is 0 Å². The Bertz CT molecular complexity index is 1620. The van der Waals surface area contributed by atoms with Gasteiger partial charge < -0.3 is 5.32 Å². The largest absolute Gasteiger partial charge is 0.351 e. The number of halogens is 4. The predicted molar refractivity (Wildman–Crippen MR) is 153 cm³/mol. The number of alkyl halides is 3. The third-order valence-electron chi connectivity index (χ3n) is 8.03. The van der Waals surface area contributed by atoms with E-state index in [-0.39, 0.29) is 29.9 Å². The lowest BCUT2D eigenvalue weighted by atomic mass is 9.91. The molecule has 2 fully saturated rings. The van der Waals surface area contributed by atoms with Crippen LogP contribution in [-0.4, -0.2) is 46.9 Å². The number of carbonyl (C=O) groups excluding carboxylic acids is 3. The number of nitriles is 1. The second kappa shape index (κ2) is 12.4. The number of pyridine rings is 1. The van der Waals surface area contributed by atoms with Crippen LogP contribution in [0.25, 0.3) is 0 Å². The van der Waals surface area contributed by atoms with Gasteiger partial charge in [0.05, 0.1) is 11.6 Å². The minimum atomic E-state index is -2.83. The number of aryl methyl sites for hydroxylation is 1. The highest BCUT2D eigenvalue weighted by Gasteiger charge is 2.49. The Morgan fingerprint density at radius 2 is 1.84 bits per heavy atom. The second-order valence-corrected chi connectivity index (χ2v) is 11.0. The third-order valence-corrected chi connectivity index (χ3v) is 8.03. The molecule has 3 amide bonds. The van der Waals surface area contributed by atoms with Crippen molar-refractivity contribution in [1.29, 1.82) is 5.26 Å². The highest BCUT2D eigenvalue weighted by atomic mass is 19.3. The zero-order valence-corrected chi connectivity index (χ0v) is 23.7. The first-order valence-electron chi connectivity index (χ1n) is 14.1. The van der Waals surface area contributed by atoms with E-state index < -0.39 is 73.0 Å². The standard InChI is InChI=1S/C32H29F4N5O3/c1-19-5-2-3-8-24(19)28(29(42)39-22-9-12-32(35,36)13-10-22)40(23-7-4-6-21(33)16-23)31(44)26-17-25(34)30(43)41(26)27-15-20(18-37)11-14-38-27/h2-8,11,14-16,22,25-26,28H,9-10,12-13,17H2,1H3,(H,39,42). The van der Waals surface area contributed by atoms with Crippen molar-refractivity contribution in [2.75, 3.05) is 9.80 Å². The lowest BCUT2D eigenvalue weighted by molar-refractivity contribution is -0.128. The molecule has 2 heterocycles. The molecule has 0 bridgehead atoms. The molecular formula is C32H29F4N5O3. The number of benzene rings is 2. The van der Waals surface area contributed by atoms with Gasteiger partial charge in [-0.05, 0) is 61.2 Å². The molecule has 12 heteroatoms. The summed E-state index contributed by atoms with van der Waals surface area (Å²) in [5, 5.41) is 12.2. The van der Waals surface area contributed by atoms with Gasteiger partial charge in [-0.3, -0.25) is 24.2 Å². The molecule has 8 nitrogen and oxygen atoms in total. The molecule has 0 spiro atoms. The van der Waals surface area contributed by atoms with Crippen LogP contribution in [0.15, 0.2) is 66.9 Å². The maximum absolute atomic E-state index is 15.0. The van der Waals surface area contributed by atoms with Crippen molar-refractivity contribution < 1.29 is 31.9 Å². The molecular weight excluding hydrogens is 578 g/mol. The predicted octanol–water partition coefficient (Wildman–Crippen LogP) is 5.31. The van der Waals surface area contributed by atoms with E-state index >= 15 is 4.39 Å². The highest BCUT2D eigenvalue weighted by Crippen LogP contribution is 2.37. The van der Waals surface area contributed by atoms with E-state index in [1.54, 1.807) is 31.2 Å². The minimum absolute atomic E-state index is 0.0164. The maximum Gasteiger partial charge on any atom is 0.263 e. The van der Waals surface area contributed by atoms with E-state index in [9.17, 15) is 32.8 Å². The Morgan fingerprint density at radius 3 is 2.52 bits per heavy atom. The van der Waals surface area contributed by atoms with E-state index in [0.29, 0.717) is 11.1 Å². The summed E-state index contributed by atoms with van der Waals surface area (Å²) < 4.78 is 57.4. The summed E-state index contributed by atoms with van der Waals surface area (Å²) in [5.41, 5.74) is 1.04. The van der Waals surface area contributed by atoms with Crippen molar-refractivity contribution in [3.8, 4) is 6.07 Å². The molecule has 5 rings (SSSR count). The zero-order chi connectivity index (χ0) is 31.6. The lowest BCUT2D eigenvalue weighted by Gasteiger charge is -2.37. The summed E-state index contributed by atoms with van der Waals surface area (Å²) in [6, 6.07) is 12.6. The summed E-state index contributed by atoms with van der Waals surface area (Å²) in [5.74, 6) is -6.34. The van der Waals surface area contributed by atoms with E-state index in [1.807, 2.05) is 6.07 Å². The third kappa shape index (κ3) is 6.27. The molecule has 3 unspecified atom stereocenters. The number of anilines is 2. The number of hydrogen-bond acceptors (Lipinski definition) is 5. The number of carbonyl (C=O) groups is 3. The summed E-state index contributed by atoms with van der Waals surface area (Å²) in [6.07, 6.45) is -2.21. The maximum atomic E-state index is 15.0. The first-order valence-corrected chi connectivity index (χ1v) is 14.1. The number of amides is 3. The molecule has 1 saturated carbocycles. The van der Waals surface area contributed by atoms with Gasteiger partial charge in [0.1, 0.15) is 23.7 Å². The van der Waals surface area contributed by atoms with Crippen LogP contribution in [-0.2, 0) is 14.4 Å². The topological polar surface area (TPSA) is 106 Å². The summed E-state index contributed by atoms with van der Waals surface area (Å²) in [7, 11) is 0. The smallest absolute Gasteiger partial charge is 0.263 e. The Kier molecular flexibility index (Phi) is 8.67. The van der Waals surface area contributed by atoms with Gasteiger partial charge in [0, 0.05) is 37.2 Å². The summed E-state index contributed by atoms with van der Waals surface area (Å²) in [4.78, 5) is 47.7. The zero-order valence-electron chi connectivity index (χ0n) is 23.7. The van der Waals surface area contributed by atoms with Crippen LogP contribution in [0.5, 0.6) is 0 Å². The van der Waals surface area contributed by atoms with E-state index in [2.05, 4.69) is 10.3 Å². The second-order valence-electron chi connectivity index (χ2n) is 11.0. The molecule has 1 aromatic heterocycles. The Hall–Kier alpha value is -4.79. The van der Waals surface area contributed by atoms with Gasteiger partial charge in [-0.15, -0.1) is 0 Å². The number of rotatable bonds is 7. The van der Waals surface area contributed by atoms with Crippen molar-refractivity contribution in [3.05, 3.63) is 89.4 Å². The van der Waals surface area contributed by atoms with Crippen LogP contribution in [0, 0.1) is 24.1 Å². The molecule has 1 N–H and O–H groups in total. The van der Waals surface area contributed by atoms with Crippen LogP contribution in [0.1, 0.15) is 54.8 Å². The van der Waals surface area contributed by atoms with Crippen molar-refractivity contribution >= 4 is 29.2 Å². The highest BCUT2D eigenvalue weighted by molar-refractivity contribution is 6.12. The lowest BCUT2D eigenvalue weighted by Crippen LogP contribution is -2.53. The molecule has 3 atom stereocenters. The monoisotopic (exact) mass is 607 g/mol. The van der Waals surface area contributed by atoms with Crippen LogP contribution >= 0.6 is 0 Å². The fraction of sp³-hybridized carbons (Fsp3) is 0.344. The molecule has 0 radical (unpaired) electrons. The molecule has 228 valence electrons. The summed E-state index contributed by atoms with van der Waals surface area (Å²) >= 11 is 0. The summed E-state index contributed by atoms with van der Waals surface area (Å²) in [6.45, 7) is 1.71. The van der Waals surface area contributed by atoms with E-state index in [0.717, 1.165) is 21.9 Å². The number of nitrogens with one attached hydrogen (secondary N) is 1. The van der Waals surface area contributed by atoms with Gasteiger partial charge in [-0.2, -0.15) is 5.26 Å². The average Bonchev–Trinajstić information content (AvgIpc) is 3.30. The van der Waals surface area contributed by atoms with Crippen molar-refractivity contribution in [1.82, 2.24) is 10.3 Å². The molecule has 1 saturated heterocycles. The van der Waals surface area contributed by atoms with Crippen LogP contribution < -0.4 is 15.1 Å². The molecule has 44 heavy (non-hydrogen) atoms. The van der Waals surface area contributed by atoms with Gasteiger partial charge >= 0.3 is 0 Å². The van der Waals surface area contributed by atoms with Crippen LogP contribution in [0.4, 0.5) is 29.1 Å². The normalized spacial score (nSPS) is 20.5. The average molecular weight is 608 g/mol. The molecule has 3 aromatic rings. The van der Waals surface area contributed by atoms with Crippen molar-refractivity contribution in [2.45, 2.75) is 69.2 Å². The van der Waals surface area contributed by atoms with Gasteiger partial charge in [0.2, 0.25) is 11.8 Å². The Labute approximate surface area is 251 Å². The van der Waals surface area contributed by atoms with Gasteiger partial charge in [-0.25, -0.2) is 22.5 Å². The SMILES string of the molecule is Cc1ccccc1C(C(=O)NC1CCC(F)(F)CC1)N(C(=O)C1CC(F)C(=O)N1c1cc(C#N)ccn1)c1cccc(F)c1. The van der Waals surface area contributed by atoms with Crippen LogP contribution in [0.2, 0.25) is 0 Å².